The molecule has 94 valence electrons. The molecule has 0 unspecified atom stereocenters. The Balaban J connectivity index is 2.43. The van der Waals surface area contributed by atoms with Crippen LogP contribution in [0.1, 0.15) is 16.2 Å². The van der Waals surface area contributed by atoms with E-state index < -0.39 is 5.97 Å². The molecule has 0 fully saturated rings. The number of rotatable bonds is 3. The van der Waals surface area contributed by atoms with Crippen molar-refractivity contribution in [2.75, 3.05) is 7.11 Å². The zero-order chi connectivity index (χ0) is 13.1. The predicted octanol–water partition coefficient (Wildman–Crippen LogP) is 3.16. The molecule has 1 aromatic carbocycles. The van der Waals surface area contributed by atoms with Gasteiger partial charge in [0.25, 0.3) is 0 Å². The van der Waals surface area contributed by atoms with Crippen LogP contribution in [0.4, 0.5) is 4.39 Å². The first-order valence-electron chi connectivity index (χ1n) is 5.05. The third kappa shape index (κ3) is 2.43. The van der Waals surface area contributed by atoms with Crippen molar-refractivity contribution in [2.45, 2.75) is 5.33 Å². The molecule has 2 rings (SSSR count). The average Bonchev–Trinajstić information content (AvgIpc) is 2.82. The molecule has 0 radical (unpaired) electrons. The van der Waals surface area contributed by atoms with Crippen LogP contribution in [-0.2, 0) is 10.1 Å². The third-order valence-corrected chi connectivity index (χ3v) is 2.82. The van der Waals surface area contributed by atoms with Gasteiger partial charge in [-0.1, -0.05) is 15.9 Å². The van der Waals surface area contributed by atoms with Crippen LogP contribution in [-0.4, -0.2) is 18.1 Å². The fourth-order valence-electron chi connectivity index (χ4n) is 1.41. The van der Waals surface area contributed by atoms with E-state index in [0.717, 1.165) is 0 Å². The molecule has 0 atom stereocenters. The maximum atomic E-state index is 12.8. The van der Waals surface area contributed by atoms with Crippen molar-refractivity contribution in [3.8, 4) is 11.5 Å². The summed E-state index contributed by atoms with van der Waals surface area (Å²) in [6, 6.07) is 5.65. The van der Waals surface area contributed by atoms with Crippen LogP contribution in [0.2, 0.25) is 0 Å². The smallest absolute Gasteiger partial charge is 0.376 e. The van der Waals surface area contributed by atoms with Crippen LogP contribution in [0.25, 0.3) is 11.5 Å². The molecule has 0 saturated heterocycles. The number of aromatic nitrogens is 1. The van der Waals surface area contributed by atoms with Gasteiger partial charge in [0.2, 0.25) is 11.7 Å². The van der Waals surface area contributed by atoms with E-state index in [9.17, 15) is 9.18 Å². The Morgan fingerprint density at radius 3 is 2.67 bits per heavy atom. The SMILES string of the molecule is COC(=O)c1oc(-c2ccc(F)cc2)nc1CBr. The predicted molar refractivity (Wildman–Crippen MR) is 65.9 cm³/mol. The van der Waals surface area contributed by atoms with E-state index in [-0.39, 0.29) is 17.5 Å². The van der Waals surface area contributed by atoms with Gasteiger partial charge in [0.15, 0.2) is 0 Å². The molecule has 1 aromatic heterocycles. The quantitative estimate of drug-likeness (QED) is 0.645. The minimum Gasteiger partial charge on any atom is -0.463 e. The molecule has 0 amide bonds. The van der Waals surface area contributed by atoms with Crippen molar-refractivity contribution >= 4 is 21.9 Å². The first-order valence-corrected chi connectivity index (χ1v) is 6.17. The lowest BCUT2D eigenvalue weighted by Gasteiger charge is -1.95. The van der Waals surface area contributed by atoms with Crippen molar-refractivity contribution in [3.05, 3.63) is 41.5 Å². The number of hydrogen-bond acceptors (Lipinski definition) is 4. The molecule has 0 N–H and O–H groups in total. The highest BCUT2D eigenvalue weighted by atomic mass is 79.9. The van der Waals surface area contributed by atoms with Gasteiger partial charge < -0.3 is 9.15 Å². The van der Waals surface area contributed by atoms with Crippen LogP contribution in [0.5, 0.6) is 0 Å². The Kier molecular flexibility index (Phi) is 3.76. The van der Waals surface area contributed by atoms with Crippen LogP contribution in [0.15, 0.2) is 28.7 Å². The second-order valence-electron chi connectivity index (χ2n) is 3.43. The third-order valence-electron chi connectivity index (χ3n) is 2.29. The number of esters is 1. The number of oxazole rings is 1. The maximum absolute atomic E-state index is 12.8. The summed E-state index contributed by atoms with van der Waals surface area (Å²) in [5, 5.41) is 0.363. The molecular weight excluding hydrogens is 305 g/mol. The Bertz CT molecular complexity index is 565. The normalized spacial score (nSPS) is 10.4. The molecular formula is C12H9BrFNO3. The van der Waals surface area contributed by atoms with Crippen molar-refractivity contribution in [1.82, 2.24) is 4.98 Å². The molecule has 0 aliphatic carbocycles. The Labute approximate surface area is 111 Å². The monoisotopic (exact) mass is 313 g/mol. The lowest BCUT2D eigenvalue weighted by atomic mass is 10.2. The number of ether oxygens (including phenoxy) is 1. The summed E-state index contributed by atoms with van der Waals surface area (Å²) < 4.78 is 22.7. The number of hydrogen-bond donors (Lipinski definition) is 0. The van der Waals surface area contributed by atoms with Crippen molar-refractivity contribution in [1.29, 1.82) is 0 Å². The van der Waals surface area contributed by atoms with Crippen molar-refractivity contribution in [2.24, 2.45) is 0 Å². The fourth-order valence-corrected chi connectivity index (χ4v) is 1.79. The summed E-state index contributed by atoms with van der Waals surface area (Å²) in [6.45, 7) is 0. The van der Waals surface area contributed by atoms with Gasteiger partial charge in [-0.2, -0.15) is 0 Å². The number of carbonyl (C=O) groups excluding carboxylic acids is 1. The summed E-state index contributed by atoms with van der Waals surface area (Å²) in [6.07, 6.45) is 0. The summed E-state index contributed by atoms with van der Waals surface area (Å²) in [5.74, 6) is -0.636. The van der Waals surface area contributed by atoms with Crippen LogP contribution in [0.3, 0.4) is 0 Å². The fraction of sp³-hybridized carbons (Fsp3) is 0.167. The number of carbonyl (C=O) groups is 1. The first kappa shape index (κ1) is 12.8. The summed E-state index contributed by atoms with van der Waals surface area (Å²) in [5.41, 5.74) is 1.04. The van der Waals surface area contributed by atoms with Gasteiger partial charge in [-0.15, -0.1) is 0 Å². The summed E-state index contributed by atoms with van der Waals surface area (Å²) >= 11 is 3.21. The molecule has 1 heterocycles. The molecule has 2 aromatic rings. The van der Waals surface area contributed by atoms with E-state index in [0.29, 0.717) is 16.6 Å². The van der Waals surface area contributed by atoms with Crippen molar-refractivity contribution < 1.29 is 18.3 Å². The number of benzene rings is 1. The van der Waals surface area contributed by atoms with E-state index in [2.05, 4.69) is 25.7 Å². The van der Waals surface area contributed by atoms with Crippen LogP contribution >= 0.6 is 15.9 Å². The Morgan fingerprint density at radius 1 is 1.44 bits per heavy atom. The molecule has 0 aliphatic heterocycles. The van der Waals surface area contributed by atoms with E-state index in [1.165, 1.54) is 31.4 Å². The van der Waals surface area contributed by atoms with Crippen LogP contribution < -0.4 is 0 Å². The molecule has 0 bridgehead atoms. The molecule has 0 saturated carbocycles. The first-order chi connectivity index (χ1) is 8.65. The molecule has 4 nitrogen and oxygen atoms in total. The zero-order valence-corrected chi connectivity index (χ0v) is 11.0. The van der Waals surface area contributed by atoms with Gasteiger partial charge in [-0.05, 0) is 24.3 Å². The van der Waals surface area contributed by atoms with Gasteiger partial charge in [0.1, 0.15) is 11.5 Å². The largest absolute Gasteiger partial charge is 0.463 e. The summed E-state index contributed by atoms with van der Waals surface area (Å²) in [7, 11) is 1.26. The lowest BCUT2D eigenvalue weighted by molar-refractivity contribution is 0.0565. The molecule has 18 heavy (non-hydrogen) atoms. The average molecular weight is 314 g/mol. The van der Waals surface area contributed by atoms with E-state index in [4.69, 9.17) is 4.42 Å². The van der Waals surface area contributed by atoms with E-state index in [1.54, 1.807) is 0 Å². The van der Waals surface area contributed by atoms with E-state index in [1.807, 2.05) is 0 Å². The highest BCUT2D eigenvalue weighted by Gasteiger charge is 2.20. The number of methoxy groups -OCH3 is 1. The Hall–Kier alpha value is -1.69. The molecule has 0 aliphatic rings. The van der Waals surface area contributed by atoms with Gasteiger partial charge in [-0.3, -0.25) is 0 Å². The number of halogens is 2. The van der Waals surface area contributed by atoms with Crippen LogP contribution in [0, 0.1) is 5.82 Å². The summed E-state index contributed by atoms with van der Waals surface area (Å²) in [4.78, 5) is 15.6. The van der Waals surface area contributed by atoms with Gasteiger partial charge in [0.05, 0.1) is 7.11 Å². The second kappa shape index (κ2) is 5.30. The van der Waals surface area contributed by atoms with Gasteiger partial charge in [0, 0.05) is 10.9 Å². The Morgan fingerprint density at radius 2 is 2.11 bits per heavy atom. The molecule has 0 spiro atoms. The van der Waals surface area contributed by atoms with Crippen molar-refractivity contribution in [3.63, 3.8) is 0 Å². The standard InChI is InChI=1S/C12H9BrFNO3/c1-17-12(16)10-9(6-13)15-11(18-10)7-2-4-8(14)5-3-7/h2-5H,6H2,1H3. The highest BCUT2D eigenvalue weighted by Crippen LogP contribution is 2.24. The minimum atomic E-state index is -0.592. The number of nitrogens with zero attached hydrogens (tertiary/aromatic N) is 1. The molecule has 6 heteroatoms. The highest BCUT2D eigenvalue weighted by molar-refractivity contribution is 9.08. The van der Waals surface area contributed by atoms with E-state index >= 15 is 0 Å². The van der Waals surface area contributed by atoms with Gasteiger partial charge >= 0.3 is 5.97 Å². The maximum Gasteiger partial charge on any atom is 0.376 e. The number of alkyl halides is 1. The topological polar surface area (TPSA) is 52.3 Å². The minimum absolute atomic E-state index is 0.0497. The lowest BCUT2D eigenvalue weighted by Crippen LogP contribution is -2.02. The second-order valence-corrected chi connectivity index (χ2v) is 3.99. The van der Waals surface area contributed by atoms with Gasteiger partial charge in [-0.25, -0.2) is 14.2 Å². The zero-order valence-electron chi connectivity index (χ0n) is 9.44.